The summed E-state index contributed by atoms with van der Waals surface area (Å²) < 4.78 is 13.2. The third kappa shape index (κ3) is 3.23. The SMILES string of the molecule is C[C@H](CB1OC(C)(C)C(C)(C)O1)c1ccc(Br)cc1. The van der Waals surface area contributed by atoms with Crippen LogP contribution in [0.1, 0.15) is 46.1 Å². The van der Waals surface area contributed by atoms with E-state index >= 15 is 0 Å². The molecule has 0 N–H and O–H groups in total. The second-order valence-electron chi connectivity index (χ2n) is 6.37. The van der Waals surface area contributed by atoms with Crippen molar-refractivity contribution in [3.63, 3.8) is 0 Å². The molecule has 19 heavy (non-hydrogen) atoms. The lowest BCUT2D eigenvalue weighted by Crippen LogP contribution is -2.41. The first-order valence-electron chi connectivity index (χ1n) is 6.82. The van der Waals surface area contributed by atoms with Crippen LogP contribution in [0.25, 0.3) is 0 Å². The molecule has 0 aromatic heterocycles. The molecule has 1 heterocycles. The summed E-state index contributed by atoms with van der Waals surface area (Å²) in [6.07, 6.45) is 0.883. The van der Waals surface area contributed by atoms with E-state index in [4.69, 9.17) is 9.31 Å². The second kappa shape index (κ2) is 5.23. The number of rotatable bonds is 3. The van der Waals surface area contributed by atoms with Crippen molar-refractivity contribution in [1.29, 1.82) is 0 Å². The van der Waals surface area contributed by atoms with Crippen LogP contribution in [0.15, 0.2) is 28.7 Å². The largest absolute Gasteiger partial charge is 0.458 e. The van der Waals surface area contributed by atoms with Crippen molar-refractivity contribution in [2.45, 2.75) is 58.1 Å². The van der Waals surface area contributed by atoms with E-state index in [-0.39, 0.29) is 18.3 Å². The Bertz CT molecular complexity index is 426. The van der Waals surface area contributed by atoms with E-state index in [0.717, 1.165) is 10.8 Å². The summed E-state index contributed by atoms with van der Waals surface area (Å²) in [5.74, 6) is 0.419. The van der Waals surface area contributed by atoms with Gasteiger partial charge in [0.1, 0.15) is 0 Å². The molecule has 0 unspecified atom stereocenters. The Morgan fingerprint density at radius 1 is 1.05 bits per heavy atom. The van der Waals surface area contributed by atoms with Gasteiger partial charge in [0.15, 0.2) is 0 Å². The summed E-state index contributed by atoms with van der Waals surface area (Å²) in [6.45, 7) is 10.6. The van der Waals surface area contributed by atoms with Gasteiger partial charge in [0.2, 0.25) is 0 Å². The highest BCUT2D eigenvalue weighted by Crippen LogP contribution is 2.39. The van der Waals surface area contributed by atoms with Crippen LogP contribution in [0.2, 0.25) is 6.32 Å². The highest BCUT2D eigenvalue weighted by Gasteiger charge is 2.51. The molecule has 0 radical (unpaired) electrons. The van der Waals surface area contributed by atoms with Crippen LogP contribution in [0.3, 0.4) is 0 Å². The molecule has 0 spiro atoms. The quantitative estimate of drug-likeness (QED) is 0.754. The van der Waals surface area contributed by atoms with Gasteiger partial charge in [0.25, 0.3) is 0 Å². The molecule has 1 atom stereocenters. The average molecular weight is 325 g/mol. The Hall–Kier alpha value is -0.315. The predicted molar refractivity (Wildman–Crippen MR) is 83.4 cm³/mol. The normalized spacial score (nSPS) is 22.5. The van der Waals surface area contributed by atoms with E-state index in [1.54, 1.807) is 0 Å². The zero-order valence-corrected chi connectivity index (χ0v) is 14.0. The van der Waals surface area contributed by atoms with Crippen LogP contribution >= 0.6 is 15.9 Å². The van der Waals surface area contributed by atoms with Crippen LogP contribution in [0, 0.1) is 0 Å². The lowest BCUT2D eigenvalue weighted by Gasteiger charge is -2.32. The number of hydrogen-bond acceptors (Lipinski definition) is 2. The second-order valence-corrected chi connectivity index (χ2v) is 7.29. The van der Waals surface area contributed by atoms with Gasteiger partial charge in [-0.1, -0.05) is 35.0 Å². The van der Waals surface area contributed by atoms with Gasteiger partial charge in [0, 0.05) is 4.47 Å². The fourth-order valence-electron chi connectivity index (χ4n) is 2.28. The molecule has 1 fully saturated rings. The van der Waals surface area contributed by atoms with E-state index in [9.17, 15) is 0 Å². The molecule has 1 aromatic carbocycles. The van der Waals surface area contributed by atoms with E-state index < -0.39 is 0 Å². The molecule has 0 amide bonds. The molecule has 1 aromatic rings. The lowest BCUT2D eigenvalue weighted by atomic mass is 9.75. The lowest BCUT2D eigenvalue weighted by molar-refractivity contribution is 0.00578. The third-order valence-electron chi connectivity index (χ3n) is 4.29. The maximum absolute atomic E-state index is 6.05. The van der Waals surface area contributed by atoms with Crippen LogP contribution < -0.4 is 0 Å². The maximum Gasteiger partial charge on any atom is 0.458 e. The minimum Gasteiger partial charge on any atom is -0.403 e. The van der Waals surface area contributed by atoms with Gasteiger partial charge in [-0.05, 0) is 57.6 Å². The number of halogens is 1. The summed E-state index contributed by atoms with van der Waals surface area (Å²) in [5, 5.41) is 0. The standard InChI is InChI=1S/C15H22BBrO2/c1-11(12-6-8-13(17)9-7-12)10-16-18-14(2,3)15(4,5)19-16/h6-9,11H,10H2,1-5H3/t11-/m1/s1. The van der Waals surface area contributed by atoms with Crippen LogP contribution in [-0.4, -0.2) is 18.3 Å². The Morgan fingerprint density at radius 3 is 2.00 bits per heavy atom. The fraction of sp³-hybridized carbons (Fsp3) is 0.600. The van der Waals surface area contributed by atoms with Crippen molar-refractivity contribution in [3.8, 4) is 0 Å². The minimum atomic E-state index is -0.239. The molecule has 2 nitrogen and oxygen atoms in total. The summed E-state index contributed by atoms with van der Waals surface area (Å²) in [7, 11) is -0.122. The summed E-state index contributed by atoms with van der Waals surface area (Å²) >= 11 is 3.46. The van der Waals surface area contributed by atoms with Crippen molar-refractivity contribution in [2.24, 2.45) is 0 Å². The van der Waals surface area contributed by atoms with Gasteiger partial charge in [0.05, 0.1) is 11.2 Å². The van der Waals surface area contributed by atoms with Crippen LogP contribution in [0.5, 0.6) is 0 Å². The van der Waals surface area contributed by atoms with E-state index in [0.29, 0.717) is 5.92 Å². The highest BCUT2D eigenvalue weighted by molar-refractivity contribution is 9.10. The minimum absolute atomic E-state index is 0.122. The van der Waals surface area contributed by atoms with E-state index in [2.05, 4.69) is 74.8 Å². The first-order chi connectivity index (χ1) is 8.71. The van der Waals surface area contributed by atoms with Crippen molar-refractivity contribution in [3.05, 3.63) is 34.3 Å². The molecule has 0 aliphatic carbocycles. The topological polar surface area (TPSA) is 18.5 Å². The van der Waals surface area contributed by atoms with Crippen molar-refractivity contribution < 1.29 is 9.31 Å². The van der Waals surface area contributed by atoms with Gasteiger partial charge in [-0.2, -0.15) is 0 Å². The molecule has 1 aliphatic heterocycles. The molecule has 1 saturated heterocycles. The van der Waals surface area contributed by atoms with Gasteiger partial charge in [-0.15, -0.1) is 0 Å². The first-order valence-corrected chi connectivity index (χ1v) is 7.62. The van der Waals surface area contributed by atoms with Gasteiger partial charge >= 0.3 is 7.12 Å². The van der Waals surface area contributed by atoms with E-state index in [1.807, 2.05) is 0 Å². The number of benzene rings is 1. The Labute approximate surface area is 125 Å². The van der Waals surface area contributed by atoms with Crippen LogP contribution in [-0.2, 0) is 9.31 Å². The van der Waals surface area contributed by atoms with Gasteiger partial charge in [-0.3, -0.25) is 0 Å². The Morgan fingerprint density at radius 2 is 1.53 bits per heavy atom. The average Bonchev–Trinajstić information content (AvgIpc) is 2.47. The molecule has 4 heteroatoms. The predicted octanol–water partition coefficient (Wildman–Crippen LogP) is 4.64. The molecule has 104 valence electrons. The molecule has 0 saturated carbocycles. The van der Waals surface area contributed by atoms with Gasteiger partial charge in [-0.25, -0.2) is 0 Å². The zero-order chi connectivity index (χ0) is 14.3. The van der Waals surface area contributed by atoms with Crippen molar-refractivity contribution in [1.82, 2.24) is 0 Å². The molecule has 1 aliphatic rings. The summed E-state index contributed by atoms with van der Waals surface area (Å²) in [4.78, 5) is 0. The molecule has 0 bridgehead atoms. The summed E-state index contributed by atoms with van der Waals surface area (Å²) in [5.41, 5.74) is 0.840. The first kappa shape index (κ1) is 15.1. The maximum atomic E-state index is 6.05. The van der Waals surface area contributed by atoms with Crippen molar-refractivity contribution >= 4 is 23.0 Å². The fourth-order valence-corrected chi connectivity index (χ4v) is 2.54. The summed E-state index contributed by atoms with van der Waals surface area (Å²) in [6, 6.07) is 8.46. The zero-order valence-electron chi connectivity index (χ0n) is 12.4. The number of hydrogen-bond donors (Lipinski definition) is 0. The Balaban J connectivity index is 2.01. The van der Waals surface area contributed by atoms with Gasteiger partial charge < -0.3 is 9.31 Å². The molecular weight excluding hydrogens is 303 g/mol. The molecular formula is C15H22BBrO2. The smallest absolute Gasteiger partial charge is 0.403 e. The molecule has 2 rings (SSSR count). The van der Waals surface area contributed by atoms with Crippen molar-refractivity contribution in [2.75, 3.05) is 0 Å². The van der Waals surface area contributed by atoms with Crippen LogP contribution in [0.4, 0.5) is 0 Å². The van der Waals surface area contributed by atoms with E-state index in [1.165, 1.54) is 5.56 Å². The third-order valence-corrected chi connectivity index (χ3v) is 4.82. The Kier molecular flexibility index (Phi) is 4.15. The highest BCUT2D eigenvalue weighted by atomic mass is 79.9. The monoisotopic (exact) mass is 324 g/mol.